The van der Waals surface area contributed by atoms with Crippen molar-refractivity contribution in [2.75, 3.05) is 13.1 Å². The molecule has 0 bridgehead atoms. The van der Waals surface area contributed by atoms with E-state index in [9.17, 15) is 0 Å². The van der Waals surface area contributed by atoms with Crippen LogP contribution in [0.3, 0.4) is 0 Å². The summed E-state index contributed by atoms with van der Waals surface area (Å²) in [5.74, 6) is 0.883. The van der Waals surface area contributed by atoms with Gasteiger partial charge in [0.1, 0.15) is 0 Å². The monoisotopic (exact) mass is 223 g/mol. The van der Waals surface area contributed by atoms with Crippen LogP contribution < -0.4 is 5.32 Å². The molecule has 0 amide bonds. The van der Waals surface area contributed by atoms with Gasteiger partial charge in [-0.15, -0.1) is 0 Å². The van der Waals surface area contributed by atoms with Crippen LogP contribution in [0.5, 0.6) is 0 Å². The molecule has 2 unspecified atom stereocenters. The van der Waals surface area contributed by atoms with Gasteiger partial charge in [0.15, 0.2) is 0 Å². The van der Waals surface area contributed by atoms with Gasteiger partial charge in [0, 0.05) is 12.0 Å². The molecule has 1 aliphatic heterocycles. The number of hydrogen-bond acceptors (Lipinski definition) is 1. The van der Waals surface area contributed by atoms with E-state index < -0.39 is 0 Å². The molecule has 17 heavy (non-hydrogen) atoms. The maximum Gasteiger partial charge on any atom is 0.0128 e. The first-order chi connectivity index (χ1) is 8.31. The molecule has 2 aliphatic rings. The Bertz CT molecular complexity index is 601. The Balaban J connectivity index is 2.00. The predicted molar refractivity (Wildman–Crippen MR) is 71.3 cm³/mol. The lowest BCUT2D eigenvalue weighted by Gasteiger charge is -2.16. The zero-order valence-corrected chi connectivity index (χ0v) is 10.2. The second kappa shape index (κ2) is 3.11. The fourth-order valence-corrected chi connectivity index (χ4v) is 3.64. The molecule has 86 valence electrons. The minimum absolute atomic E-state index is 0.466. The van der Waals surface area contributed by atoms with Crippen LogP contribution in [0, 0.1) is 12.8 Å². The topological polar surface area (TPSA) is 12.0 Å². The number of aryl methyl sites for hydroxylation is 1. The number of rotatable bonds is 1. The Morgan fingerprint density at radius 3 is 2.65 bits per heavy atom. The van der Waals surface area contributed by atoms with Crippen molar-refractivity contribution in [3.63, 3.8) is 0 Å². The molecule has 1 heteroatoms. The van der Waals surface area contributed by atoms with Crippen LogP contribution in [0.2, 0.25) is 0 Å². The van der Waals surface area contributed by atoms with Gasteiger partial charge in [-0.2, -0.15) is 0 Å². The number of benzene rings is 2. The Morgan fingerprint density at radius 1 is 1.12 bits per heavy atom. The summed E-state index contributed by atoms with van der Waals surface area (Å²) < 4.78 is 0. The van der Waals surface area contributed by atoms with Gasteiger partial charge >= 0.3 is 0 Å². The van der Waals surface area contributed by atoms with E-state index in [0.717, 1.165) is 5.92 Å². The van der Waals surface area contributed by atoms with E-state index in [4.69, 9.17) is 0 Å². The van der Waals surface area contributed by atoms with Crippen molar-refractivity contribution in [1.82, 2.24) is 5.32 Å². The summed E-state index contributed by atoms with van der Waals surface area (Å²) in [6.45, 7) is 4.59. The smallest absolute Gasteiger partial charge is 0.0128 e. The van der Waals surface area contributed by atoms with E-state index >= 15 is 0 Å². The first kappa shape index (κ1) is 9.67. The van der Waals surface area contributed by atoms with E-state index in [1.54, 1.807) is 5.56 Å². The minimum Gasteiger partial charge on any atom is -0.316 e. The summed E-state index contributed by atoms with van der Waals surface area (Å²) >= 11 is 0. The molecule has 2 aromatic carbocycles. The molecule has 1 heterocycles. The summed E-state index contributed by atoms with van der Waals surface area (Å²) in [5.41, 5.74) is 3.44. The Hall–Kier alpha value is -1.34. The third-order valence-electron chi connectivity index (χ3n) is 4.74. The normalized spacial score (nSPS) is 30.5. The van der Waals surface area contributed by atoms with Gasteiger partial charge in [-0.05, 0) is 47.7 Å². The van der Waals surface area contributed by atoms with Gasteiger partial charge in [0.25, 0.3) is 0 Å². The van der Waals surface area contributed by atoms with Gasteiger partial charge < -0.3 is 5.32 Å². The molecule has 0 aromatic heterocycles. The Morgan fingerprint density at radius 2 is 1.94 bits per heavy atom. The fourth-order valence-electron chi connectivity index (χ4n) is 3.64. The first-order valence-corrected chi connectivity index (χ1v) is 6.51. The molecule has 1 nitrogen and oxygen atoms in total. The molecule has 2 fully saturated rings. The maximum atomic E-state index is 3.54. The molecule has 1 saturated carbocycles. The molecule has 2 atom stereocenters. The van der Waals surface area contributed by atoms with Crippen LogP contribution in [0.25, 0.3) is 10.8 Å². The highest BCUT2D eigenvalue weighted by Crippen LogP contribution is 2.57. The lowest BCUT2D eigenvalue weighted by atomic mass is 9.88. The highest BCUT2D eigenvalue weighted by atomic mass is 15.0. The quantitative estimate of drug-likeness (QED) is 0.783. The van der Waals surface area contributed by atoms with Crippen molar-refractivity contribution in [3.8, 4) is 0 Å². The van der Waals surface area contributed by atoms with Crippen LogP contribution in [0.4, 0.5) is 0 Å². The molecule has 2 aromatic rings. The summed E-state index contributed by atoms with van der Waals surface area (Å²) in [6.07, 6.45) is 1.38. The largest absolute Gasteiger partial charge is 0.316 e. The molecule has 0 radical (unpaired) electrons. The molecular formula is C16H17N. The van der Waals surface area contributed by atoms with E-state index in [0.29, 0.717) is 5.41 Å². The molecular weight excluding hydrogens is 206 g/mol. The first-order valence-electron chi connectivity index (χ1n) is 6.51. The van der Waals surface area contributed by atoms with Crippen LogP contribution in [-0.2, 0) is 5.41 Å². The number of nitrogens with one attached hydrogen (secondary N) is 1. The summed E-state index contributed by atoms with van der Waals surface area (Å²) in [5, 5.41) is 6.44. The Labute approximate surface area is 102 Å². The van der Waals surface area contributed by atoms with Gasteiger partial charge in [0.05, 0.1) is 0 Å². The van der Waals surface area contributed by atoms with E-state index in [-0.39, 0.29) is 0 Å². The lowest BCUT2D eigenvalue weighted by molar-refractivity contribution is 0.680. The number of hydrogen-bond donors (Lipinski definition) is 1. The Kier molecular flexibility index (Phi) is 1.77. The minimum atomic E-state index is 0.466. The summed E-state index contributed by atoms with van der Waals surface area (Å²) in [4.78, 5) is 0. The van der Waals surface area contributed by atoms with Crippen molar-refractivity contribution < 1.29 is 0 Å². The lowest BCUT2D eigenvalue weighted by Crippen LogP contribution is -2.19. The zero-order chi connectivity index (χ0) is 11.5. The highest BCUT2D eigenvalue weighted by molar-refractivity contribution is 5.90. The molecule has 0 spiro atoms. The van der Waals surface area contributed by atoms with Gasteiger partial charge in [-0.3, -0.25) is 0 Å². The van der Waals surface area contributed by atoms with E-state index in [2.05, 4.69) is 48.6 Å². The molecule has 1 aliphatic carbocycles. The van der Waals surface area contributed by atoms with Crippen LogP contribution in [0.1, 0.15) is 17.5 Å². The molecule has 1 saturated heterocycles. The number of piperidine rings is 1. The van der Waals surface area contributed by atoms with Crippen molar-refractivity contribution in [2.24, 2.45) is 5.92 Å². The number of fused-ring (bicyclic) bond motifs is 2. The van der Waals surface area contributed by atoms with Gasteiger partial charge in [-0.1, -0.05) is 36.4 Å². The molecule has 4 rings (SSSR count). The second-order valence-electron chi connectivity index (χ2n) is 5.66. The standard InChI is InChI=1S/C16H17N/c1-11-6-7-15(14-5-3-2-4-13(11)14)16-8-12(16)9-17-10-16/h2-7,12,17H,8-10H2,1H3. The van der Waals surface area contributed by atoms with Crippen molar-refractivity contribution in [1.29, 1.82) is 0 Å². The van der Waals surface area contributed by atoms with Crippen molar-refractivity contribution in [3.05, 3.63) is 47.5 Å². The van der Waals surface area contributed by atoms with Crippen molar-refractivity contribution in [2.45, 2.75) is 18.8 Å². The summed E-state index contributed by atoms with van der Waals surface area (Å²) in [6, 6.07) is 13.5. The fraction of sp³-hybridized carbons (Fsp3) is 0.375. The average Bonchev–Trinajstić information content (AvgIpc) is 2.92. The highest BCUT2D eigenvalue weighted by Gasteiger charge is 2.58. The third-order valence-corrected chi connectivity index (χ3v) is 4.74. The van der Waals surface area contributed by atoms with Crippen molar-refractivity contribution >= 4 is 10.8 Å². The van der Waals surface area contributed by atoms with E-state index in [1.807, 2.05) is 0 Å². The van der Waals surface area contributed by atoms with Gasteiger partial charge in [0.2, 0.25) is 0 Å². The van der Waals surface area contributed by atoms with E-state index in [1.165, 1.54) is 35.8 Å². The average molecular weight is 223 g/mol. The predicted octanol–water partition coefficient (Wildman–Crippen LogP) is 3.01. The van der Waals surface area contributed by atoms with Crippen LogP contribution in [0.15, 0.2) is 36.4 Å². The summed E-state index contributed by atoms with van der Waals surface area (Å²) in [7, 11) is 0. The maximum absolute atomic E-state index is 3.54. The second-order valence-corrected chi connectivity index (χ2v) is 5.66. The van der Waals surface area contributed by atoms with Gasteiger partial charge in [-0.25, -0.2) is 0 Å². The zero-order valence-electron chi connectivity index (χ0n) is 10.2. The SMILES string of the molecule is Cc1ccc(C23CNCC2C3)c2ccccc12. The van der Waals surface area contributed by atoms with Crippen LogP contribution in [-0.4, -0.2) is 13.1 Å². The third kappa shape index (κ3) is 1.18. The molecule has 1 N–H and O–H groups in total. The van der Waals surface area contributed by atoms with Crippen LogP contribution >= 0.6 is 0 Å².